The van der Waals surface area contributed by atoms with Crippen LogP contribution in [0.2, 0.25) is 0 Å². The number of methoxy groups -OCH3 is 1. The Labute approximate surface area is 187 Å². The van der Waals surface area contributed by atoms with Crippen LogP contribution in [0.3, 0.4) is 0 Å². The van der Waals surface area contributed by atoms with Gasteiger partial charge in [-0.2, -0.15) is 5.26 Å². The lowest BCUT2D eigenvalue weighted by Crippen LogP contribution is -2.14. The Kier molecular flexibility index (Phi) is 7.41. The summed E-state index contributed by atoms with van der Waals surface area (Å²) < 4.78 is 25.7. The molecular formula is C24H18BrFN2O3. The van der Waals surface area contributed by atoms with Gasteiger partial charge >= 0.3 is 0 Å². The SMILES string of the molecule is COc1cc(/C=C(/C#N)C(=O)Nc2ccc(Br)cc2F)ccc1OCc1ccccc1. The van der Waals surface area contributed by atoms with Crippen LogP contribution < -0.4 is 14.8 Å². The normalized spacial score (nSPS) is 10.8. The molecule has 0 aliphatic carbocycles. The first kappa shape index (κ1) is 22.1. The topological polar surface area (TPSA) is 71.3 Å². The van der Waals surface area contributed by atoms with E-state index in [1.807, 2.05) is 36.4 Å². The van der Waals surface area contributed by atoms with Crippen molar-refractivity contribution in [3.8, 4) is 17.6 Å². The minimum atomic E-state index is -0.716. The van der Waals surface area contributed by atoms with Crippen molar-refractivity contribution in [1.29, 1.82) is 5.26 Å². The number of nitrogens with one attached hydrogen (secondary N) is 1. The number of halogens is 2. The molecule has 0 atom stereocenters. The van der Waals surface area contributed by atoms with Crippen molar-refractivity contribution in [3.63, 3.8) is 0 Å². The molecule has 0 aliphatic rings. The summed E-state index contributed by atoms with van der Waals surface area (Å²) >= 11 is 3.15. The van der Waals surface area contributed by atoms with Crippen LogP contribution in [0.15, 0.2) is 76.8 Å². The van der Waals surface area contributed by atoms with Gasteiger partial charge in [-0.25, -0.2) is 4.39 Å². The second-order valence-corrected chi connectivity index (χ2v) is 7.35. The van der Waals surface area contributed by atoms with Crippen LogP contribution in [0.5, 0.6) is 11.5 Å². The highest BCUT2D eigenvalue weighted by atomic mass is 79.9. The Morgan fingerprint density at radius 3 is 2.58 bits per heavy atom. The lowest BCUT2D eigenvalue weighted by Gasteiger charge is -2.11. The molecule has 3 aromatic rings. The number of ether oxygens (including phenoxy) is 2. The minimum Gasteiger partial charge on any atom is -0.493 e. The number of anilines is 1. The molecule has 1 amide bonds. The standard InChI is InChI=1S/C24H18BrFN2O3/c1-30-23-12-17(7-10-22(23)31-15-16-5-3-2-4-6-16)11-18(14-27)24(29)28-21-9-8-19(25)13-20(21)26/h2-13H,15H2,1H3,(H,28,29)/b18-11-. The van der Waals surface area contributed by atoms with Crippen molar-refractivity contribution in [2.45, 2.75) is 6.61 Å². The van der Waals surface area contributed by atoms with Crippen LogP contribution in [0.1, 0.15) is 11.1 Å². The summed E-state index contributed by atoms with van der Waals surface area (Å²) in [6.07, 6.45) is 1.40. The number of rotatable bonds is 7. The molecular weight excluding hydrogens is 463 g/mol. The van der Waals surface area contributed by atoms with E-state index in [0.717, 1.165) is 5.56 Å². The summed E-state index contributed by atoms with van der Waals surface area (Å²) in [4.78, 5) is 12.4. The summed E-state index contributed by atoms with van der Waals surface area (Å²) in [6.45, 7) is 0.372. The van der Waals surface area contributed by atoms with Gasteiger partial charge in [0.2, 0.25) is 0 Å². The zero-order valence-electron chi connectivity index (χ0n) is 16.6. The number of hydrogen-bond donors (Lipinski definition) is 1. The number of nitrogens with zero attached hydrogens (tertiary/aromatic N) is 1. The number of carbonyl (C=O) groups is 1. The molecule has 31 heavy (non-hydrogen) atoms. The molecule has 0 fully saturated rings. The van der Waals surface area contributed by atoms with Gasteiger partial charge in [0.15, 0.2) is 11.5 Å². The fraction of sp³-hybridized carbons (Fsp3) is 0.0833. The Bertz CT molecular complexity index is 1160. The quantitative estimate of drug-likeness (QED) is 0.346. The number of hydrogen-bond acceptors (Lipinski definition) is 4. The van der Waals surface area contributed by atoms with Crippen molar-refractivity contribution in [2.75, 3.05) is 12.4 Å². The third-order valence-electron chi connectivity index (χ3n) is 4.28. The predicted octanol–water partition coefficient (Wildman–Crippen LogP) is 5.72. The third kappa shape index (κ3) is 5.93. The summed E-state index contributed by atoms with van der Waals surface area (Å²) in [7, 11) is 1.51. The van der Waals surface area contributed by atoms with Gasteiger partial charge in [-0.15, -0.1) is 0 Å². The van der Waals surface area contributed by atoms with Crippen molar-refractivity contribution in [2.24, 2.45) is 0 Å². The molecule has 156 valence electrons. The molecule has 0 aromatic heterocycles. The molecule has 0 saturated carbocycles. The van der Waals surface area contributed by atoms with Gasteiger partial charge in [-0.1, -0.05) is 52.3 Å². The maximum atomic E-state index is 14.0. The van der Waals surface area contributed by atoms with Crippen molar-refractivity contribution >= 4 is 33.6 Å². The van der Waals surface area contributed by atoms with E-state index >= 15 is 0 Å². The fourth-order valence-corrected chi connectivity index (χ4v) is 3.06. The lowest BCUT2D eigenvalue weighted by atomic mass is 10.1. The summed E-state index contributed by atoms with van der Waals surface area (Å²) in [5, 5.41) is 11.8. The van der Waals surface area contributed by atoms with E-state index in [1.165, 1.54) is 25.3 Å². The molecule has 3 rings (SSSR count). The van der Waals surface area contributed by atoms with Crippen molar-refractivity contribution in [3.05, 3.63) is 93.7 Å². The second kappa shape index (κ2) is 10.4. The van der Waals surface area contributed by atoms with Gasteiger partial charge in [0.05, 0.1) is 12.8 Å². The molecule has 7 heteroatoms. The molecule has 0 aliphatic heterocycles. The van der Waals surface area contributed by atoms with Gasteiger partial charge in [-0.3, -0.25) is 4.79 Å². The van der Waals surface area contributed by atoms with E-state index in [0.29, 0.717) is 28.1 Å². The van der Waals surface area contributed by atoms with Gasteiger partial charge in [0, 0.05) is 4.47 Å². The van der Waals surface area contributed by atoms with Gasteiger partial charge in [-0.05, 0) is 47.5 Å². The highest BCUT2D eigenvalue weighted by Crippen LogP contribution is 2.30. The Balaban J connectivity index is 1.76. The van der Waals surface area contributed by atoms with E-state index in [9.17, 15) is 14.4 Å². The highest BCUT2D eigenvalue weighted by molar-refractivity contribution is 9.10. The maximum Gasteiger partial charge on any atom is 0.266 e. The number of nitriles is 1. The number of carbonyl (C=O) groups excluding carboxylic acids is 1. The first-order chi connectivity index (χ1) is 15.0. The average molecular weight is 481 g/mol. The Hall–Kier alpha value is -3.63. The van der Waals surface area contributed by atoms with E-state index in [-0.39, 0.29) is 11.3 Å². The van der Waals surface area contributed by atoms with Crippen LogP contribution in [-0.4, -0.2) is 13.0 Å². The molecule has 0 saturated heterocycles. The lowest BCUT2D eigenvalue weighted by molar-refractivity contribution is -0.112. The molecule has 0 spiro atoms. The van der Waals surface area contributed by atoms with Crippen LogP contribution in [-0.2, 0) is 11.4 Å². The van der Waals surface area contributed by atoms with Crippen molar-refractivity contribution < 1.29 is 18.7 Å². The zero-order chi connectivity index (χ0) is 22.2. The predicted molar refractivity (Wildman–Crippen MR) is 120 cm³/mol. The molecule has 0 bridgehead atoms. The second-order valence-electron chi connectivity index (χ2n) is 6.43. The first-order valence-corrected chi connectivity index (χ1v) is 10.0. The van der Waals surface area contributed by atoms with E-state index in [2.05, 4.69) is 21.2 Å². The summed E-state index contributed by atoms with van der Waals surface area (Å²) in [5.74, 6) is -0.335. The maximum absolute atomic E-state index is 14.0. The zero-order valence-corrected chi connectivity index (χ0v) is 18.1. The van der Waals surface area contributed by atoms with E-state index in [1.54, 1.807) is 24.3 Å². The molecule has 0 heterocycles. The van der Waals surface area contributed by atoms with Crippen LogP contribution >= 0.6 is 15.9 Å². The molecule has 0 radical (unpaired) electrons. The molecule has 0 unspecified atom stereocenters. The van der Waals surface area contributed by atoms with Crippen LogP contribution in [0.25, 0.3) is 6.08 Å². The Morgan fingerprint density at radius 1 is 1.13 bits per heavy atom. The number of benzene rings is 3. The molecule has 1 N–H and O–H groups in total. The van der Waals surface area contributed by atoms with Crippen LogP contribution in [0, 0.1) is 17.1 Å². The number of amides is 1. The molecule has 3 aromatic carbocycles. The fourth-order valence-electron chi connectivity index (χ4n) is 2.72. The van der Waals surface area contributed by atoms with Crippen LogP contribution in [0.4, 0.5) is 10.1 Å². The van der Waals surface area contributed by atoms with Gasteiger partial charge in [0.1, 0.15) is 24.1 Å². The summed E-state index contributed by atoms with van der Waals surface area (Å²) in [6, 6.07) is 20.8. The Morgan fingerprint density at radius 2 is 1.90 bits per heavy atom. The molecule has 5 nitrogen and oxygen atoms in total. The third-order valence-corrected chi connectivity index (χ3v) is 4.77. The van der Waals surface area contributed by atoms with Crippen molar-refractivity contribution in [1.82, 2.24) is 0 Å². The monoisotopic (exact) mass is 480 g/mol. The first-order valence-electron chi connectivity index (χ1n) is 9.23. The smallest absolute Gasteiger partial charge is 0.266 e. The largest absolute Gasteiger partial charge is 0.493 e. The van der Waals surface area contributed by atoms with E-state index in [4.69, 9.17) is 9.47 Å². The van der Waals surface area contributed by atoms with Gasteiger partial charge < -0.3 is 14.8 Å². The van der Waals surface area contributed by atoms with Gasteiger partial charge in [0.25, 0.3) is 5.91 Å². The highest BCUT2D eigenvalue weighted by Gasteiger charge is 2.13. The minimum absolute atomic E-state index is 0.0170. The average Bonchev–Trinajstić information content (AvgIpc) is 2.78. The summed E-state index contributed by atoms with van der Waals surface area (Å²) in [5.41, 5.74) is 1.38. The van der Waals surface area contributed by atoms with E-state index < -0.39 is 11.7 Å².